The summed E-state index contributed by atoms with van der Waals surface area (Å²) in [7, 11) is 0. The van der Waals surface area contributed by atoms with Crippen molar-refractivity contribution in [3.8, 4) is 11.1 Å². The van der Waals surface area contributed by atoms with Crippen LogP contribution >= 0.6 is 11.6 Å². The number of fused-ring (bicyclic) bond motifs is 1. The van der Waals surface area contributed by atoms with Gasteiger partial charge in [-0.3, -0.25) is 8.93 Å². The molecule has 1 aromatic heterocycles. The van der Waals surface area contributed by atoms with Gasteiger partial charge in [0.25, 0.3) is 5.88 Å². The molecule has 3 rings (SSSR count). The molecule has 0 aliphatic heterocycles. The number of anilines is 1. The van der Waals surface area contributed by atoms with Crippen molar-refractivity contribution in [3.05, 3.63) is 35.0 Å². The Morgan fingerprint density at radius 1 is 1.47 bits per heavy atom. The van der Waals surface area contributed by atoms with Gasteiger partial charge in [0, 0.05) is 11.3 Å². The van der Waals surface area contributed by atoms with Crippen molar-refractivity contribution in [2.75, 3.05) is 4.72 Å². The van der Waals surface area contributed by atoms with E-state index in [9.17, 15) is 8.76 Å². The maximum atomic E-state index is 10.1. The molecule has 2 aliphatic carbocycles. The van der Waals surface area contributed by atoms with E-state index in [0.717, 1.165) is 0 Å². The first-order valence-corrected chi connectivity index (χ1v) is 6.11. The summed E-state index contributed by atoms with van der Waals surface area (Å²) in [5.41, 5.74) is 3.30. The first kappa shape index (κ1) is 12.1. The van der Waals surface area contributed by atoms with Crippen molar-refractivity contribution in [1.82, 2.24) is 5.16 Å². The van der Waals surface area contributed by atoms with E-state index in [-0.39, 0.29) is 10.9 Å². The standard InChI is InChI=1S/C6H4.C4H5ClN2O3S/c1-2-5-4-6(5)3-1;1-2-3(5)4(10-6-2)7-11(8)9/h1-4H;7H,1H3,(H,8,9)/p-1. The van der Waals surface area contributed by atoms with E-state index in [2.05, 4.69) is 33.9 Å². The zero-order chi connectivity index (χ0) is 12.4. The Morgan fingerprint density at radius 3 is 2.41 bits per heavy atom. The van der Waals surface area contributed by atoms with Gasteiger partial charge in [0.15, 0.2) is 0 Å². The zero-order valence-electron chi connectivity index (χ0n) is 8.77. The third-order valence-corrected chi connectivity index (χ3v) is 2.88. The molecule has 1 heterocycles. The number of aryl methyl sites for hydroxylation is 1. The van der Waals surface area contributed by atoms with Crippen LogP contribution in [0.15, 0.2) is 28.8 Å². The number of nitrogens with one attached hydrogen (secondary N) is 1. The average Bonchev–Trinajstić information content (AvgIpc) is 2.77. The summed E-state index contributed by atoms with van der Waals surface area (Å²) in [6, 6.07) is 8.48. The smallest absolute Gasteiger partial charge is 0.254 e. The summed E-state index contributed by atoms with van der Waals surface area (Å²) in [4.78, 5) is 0. The molecule has 7 heteroatoms. The lowest BCUT2D eigenvalue weighted by atomic mass is 10.5. The fraction of sp³-hybridized carbons (Fsp3) is 0.100. The molecule has 1 unspecified atom stereocenters. The fourth-order valence-corrected chi connectivity index (χ4v) is 1.64. The molecule has 17 heavy (non-hydrogen) atoms. The Kier molecular flexibility index (Phi) is 3.46. The maximum Gasteiger partial charge on any atom is 0.254 e. The van der Waals surface area contributed by atoms with Gasteiger partial charge in [-0.15, -0.1) is 0 Å². The van der Waals surface area contributed by atoms with Gasteiger partial charge in [-0.05, 0) is 24.1 Å². The molecule has 1 atom stereocenters. The Morgan fingerprint density at radius 2 is 2.12 bits per heavy atom. The highest BCUT2D eigenvalue weighted by atomic mass is 35.5. The zero-order valence-corrected chi connectivity index (χ0v) is 10.3. The Bertz CT molecular complexity index is 553. The van der Waals surface area contributed by atoms with Crippen LogP contribution < -0.4 is 4.72 Å². The van der Waals surface area contributed by atoms with E-state index < -0.39 is 11.3 Å². The van der Waals surface area contributed by atoms with E-state index >= 15 is 0 Å². The first-order valence-electron chi connectivity index (χ1n) is 4.66. The van der Waals surface area contributed by atoms with Crippen molar-refractivity contribution >= 4 is 28.8 Å². The molecule has 1 N–H and O–H groups in total. The van der Waals surface area contributed by atoms with Crippen LogP contribution in [0.5, 0.6) is 0 Å². The van der Waals surface area contributed by atoms with Crippen molar-refractivity contribution < 1.29 is 13.3 Å². The van der Waals surface area contributed by atoms with Crippen molar-refractivity contribution in [1.29, 1.82) is 0 Å². The van der Waals surface area contributed by atoms with Crippen LogP contribution in [0.3, 0.4) is 0 Å². The Hall–Kier alpha value is -1.37. The predicted molar refractivity (Wildman–Crippen MR) is 64.2 cm³/mol. The summed E-state index contributed by atoms with van der Waals surface area (Å²) >= 11 is 3.13. The summed E-state index contributed by atoms with van der Waals surface area (Å²) in [5, 5.41) is 3.60. The Balaban J connectivity index is 0.000000148. The van der Waals surface area contributed by atoms with Crippen molar-refractivity contribution in [2.24, 2.45) is 0 Å². The summed E-state index contributed by atoms with van der Waals surface area (Å²) in [6.07, 6.45) is 0. The Labute approximate surface area is 105 Å². The lowest BCUT2D eigenvalue weighted by molar-refractivity contribution is 0.429. The topological polar surface area (TPSA) is 78.2 Å². The van der Waals surface area contributed by atoms with E-state index in [0.29, 0.717) is 5.69 Å². The van der Waals surface area contributed by atoms with Crippen LogP contribution in [0.25, 0.3) is 11.1 Å². The summed E-state index contributed by atoms with van der Waals surface area (Å²) in [6.45, 7) is 1.60. The second-order valence-electron chi connectivity index (χ2n) is 3.33. The van der Waals surface area contributed by atoms with Gasteiger partial charge in [-0.2, -0.15) is 0 Å². The van der Waals surface area contributed by atoms with Gasteiger partial charge in [-0.1, -0.05) is 35.0 Å². The highest BCUT2D eigenvalue weighted by molar-refractivity contribution is 7.80. The van der Waals surface area contributed by atoms with Gasteiger partial charge in [-0.25, -0.2) is 0 Å². The minimum Gasteiger partial charge on any atom is -0.755 e. The van der Waals surface area contributed by atoms with Gasteiger partial charge in [0.05, 0.1) is 0 Å². The normalized spacial score (nSPS) is 12.4. The molecule has 90 valence electrons. The number of aromatic nitrogens is 1. The number of benzene rings is 1. The predicted octanol–water partition coefficient (Wildman–Crippen LogP) is 2.51. The molecule has 0 saturated carbocycles. The minimum absolute atomic E-state index is 0.0579. The van der Waals surface area contributed by atoms with Crippen LogP contribution in [0.2, 0.25) is 5.02 Å². The number of hydrogen-bond acceptors (Lipinski definition) is 4. The molecule has 0 saturated heterocycles. The van der Waals surface area contributed by atoms with Crippen molar-refractivity contribution in [3.63, 3.8) is 0 Å². The molecule has 0 spiro atoms. The average molecular weight is 272 g/mol. The molecule has 0 amide bonds. The minimum atomic E-state index is -2.43. The molecule has 1 aromatic rings. The molecule has 0 radical (unpaired) electrons. The quantitative estimate of drug-likeness (QED) is 0.727. The molecule has 2 aliphatic rings. The van der Waals surface area contributed by atoms with E-state index in [1.54, 1.807) is 6.92 Å². The molecule has 5 nitrogen and oxygen atoms in total. The second-order valence-corrected chi connectivity index (χ2v) is 4.38. The highest BCUT2D eigenvalue weighted by Crippen LogP contribution is 2.32. The third-order valence-electron chi connectivity index (χ3n) is 2.08. The highest BCUT2D eigenvalue weighted by Gasteiger charge is 2.09. The van der Waals surface area contributed by atoms with Gasteiger partial charge < -0.3 is 9.08 Å². The van der Waals surface area contributed by atoms with E-state index in [1.807, 2.05) is 4.72 Å². The molecular weight excluding hydrogens is 264 g/mol. The number of rotatable bonds is 2. The first-order chi connectivity index (χ1) is 8.08. The van der Waals surface area contributed by atoms with Crippen LogP contribution in [-0.2, 0) is 11.3 Å². The molecular formula is C10H8ClN2O3S-. The van der Waals surface area contributed by atoms with Crippen molar-refractivity contribution in [2.45, 2.75) is 6.92 Å². The fourth-order valence-electron chi connectivity index (χ4n) is 1.17. The van der Waals surface area contributed by atoms with Crippen LogP contribution in [0.4, 0.5) is 5.88 Å². The van der Waals surface area contributed by atoms with Crippen LogP contribution in [-0.4, -0.2) is 13.9 Å². The number of hydrogen-bond donors (Lipinski definition) is 1. The number of halogens is 1. The van der Waals surface area contributed by atoms with Gasteiger partial charge >= 0.3 is 0 Å². The van der Waals surface area contributed by atoms with Gasteiger partial charge in [0.2, 0.25) is 0 Å². The monoisotopic (exact) mass is 271 g/mol. The molecule has 0 fully saturated rings. The SMILES string of the molecule is Cc1noc(NS(=O)[O-])c1Cl.c1cc2cc-2c1. The largest absolute Gasteiger partial charge is 0.755 e. The van der Waals surface area contributed by atoms with Gasteiger partial charge in [0.1, 0.15) is 10.7 Å². The second kappa shape index (κ2) is 4.87. The summed E-state index contributed by atoms with van der Waals surface area (Å²) in [5.74, 6) is -0.0579. The summed E-state index contributed by atoms with van der Waals surface area (Å²) < 4.78 is 26.6. The number of nitrogens with zero attached hydrogens (tertiary/aromatic N) is 1. The maximum absolute atomic E-state index is 10.1. The van der Waals surface area contributed by atoms with Crippen LogP contribution in [0, 0.1) is 6.92 Å². The third kappa shape index (κ3) is 3.06. The molecule has 0 bridgehead atoms. The lowest BCUT2D eigenvalue weighted by Gasteiger charge is -2.03. The van der Waals surface area contributed by atoms with E-state index in [1.165, 1.54) is 11.1 Å². The molecule has 0 aromatic carbocycles. The lowest BCUT2D eigenvalue weighted by Crippen LogP contribution is -2.01. The van der Waals surface area contributed by atoms with E-state index in [4.69, 9.17) is 11.6 Å². The van der Waals surface area contributed by atoms with Crippen LogP contribution in [0.1, 0.15) is 5.69 Å².